The Bertz CT molecular complexity index is 953. The number of aryl methyl sites for hydroxylation is 1. The minimum atomic E-state index is 0.140. The molecule has 134 valence electrons. The molecule has 4 rings (SSSR count). The molecule has 0 aliphatic heterocycles. The van der Waals surface area contributed by atoms with Gasteiger partial charge >= 0.3 is 0 Å². The first-order chi connectivity index (χ1) is 12.4. The molecule has 26 heavy (non-hydrogen) atoms. The summed E-state index contributed by atoms with van der Waals surface area (Å²) in [6.07, 6.45) is 4.47. The second-order valence-electron chi connectivity index (χ2n) is 8.21. The number of anilines is 1. The molecular weight excluding hydrogens is 320 g/mol. The van der Waals surface area contributed by atoms with E-state index in [1.165, 1.54) is 29.7 Å². The van der Waals surface area contributed by atoms with Crippen LogP contribution in [0, 0.1) is 0 Å². The summed E-state index contributed by atoms with van der Waals surface area (Å²) in [5.41, 5.74) is 12.1. The SMILES string of the molecule is CC(C)(C)c1ccc(Oc2ccc3nc4c(c(N)c3c2)CCCC4)cc1. The second kappa shape index (κ2) is 6.31. The fourth-order valence-electron chi connectivity index (χ4n) is 3.66. The summed E-state index contributed by atoms with van der Waals surface area (Å²) in [6.45, 7) is 6.63. The van der Waals surface area contributed by atoms with Crippen LogP contribution < -0.4 is 10.5 Å². The lowest BCUT2D eigenvalue weighted by atomic mass is 9.87. The minimum Gasteiger partial charge on any atom is -0.457 e. The first kappa shape index (κ1) is 16.9. The zero-order valence-electron chi connectivity index (χ0n) is 15.8. The number of nitrogens with zero attached hydrogens (tertiary/aromatic N) is 1. The molecule has 1 aliphatic rings. The number of hydrogen-bond donors (Lipinski definition) is 1. The van der Waals surface area contributed by atoms with Crippen molar-refractivity contribution in [3.63, 3.8) is 0 Å². The van der Waals surface area contributed by atoms with Crippen molar-refractivity contribution in [3.05, 3.63) is 59.3 Å². The largest absolute Gasteiger partial charge is 0.457 e. The number of nitrogen functional groups attached to an aromatic ring is 1. The zero-order valence-corrected chi connectivity index (χ0v) is 15.8. The van der Waals surface area contributed by atoms with Crippen LogP contribution in [-0.4, -0.2) is 4.98 Å². The van der Waals surface area contributed by atoms with Crippen molar-refractivity contribution in [2.75, 3.05) is 5.73 Å². The van der Waals surface area contributed by atoms with Crippen molar-refractivity contribution in [2.45, 2.75) is 51.9 Å². The smallest absolute Gasteiger partial charge is 0.128 e. The van der Waals surface area contributed by atoms with E-state index < -0.39 is 0 Å². The summed E-state index contributed by atoms with van der Waals surface area (Å²) >= 11 is 0. The number of rotatable bonds is 2. The van der Waals surface area contributed by atoms with Crippen LogP contribution in [-0.2, 0) is 18.3 Å². The quantitative estimate of drug-likeness (QED) is 0.639. The maximum absolute atomic E-state index is 6.47. The number of benzene rings is 2. The summed E-state index contributed by atoms with van der Waals surface area (Å²) in [5.74, 6) is 1.63. The maximum Gasteiger partial charge on any atom is 0.128 e. The summed E-state index contributed by atoms with van der Waals surface area (Å²) in [5, 5.41) is 0.995. The van der Waals surface area contributed by atoms with Crippen LogP contribution in [0.3, 0.4) is 0 Å². The van der Waals surface area contributed by atoms with Crippen LogP contribution in [0.1, 0.15) is 50.4 Å². The van der Waals surface area contributed by atoms with Crippen molar-refractivity contribution in [1.29, 1.82) is 0 Å². The van der Waals surface area contributed by atoms with Crippen molar-refractivity contribution in [2.24, 2.45) is 0 Å². The Hall–Kier alpha value is -2.55. The van der Waals surface area contributed by atoms with E-state index in [2.05, 4.69) is 32.9 Å². The Kier molecular flexibility index (Phi) is 4.10. The molecule has 1 heterocycles. The molecule has 3 aromatic rings. The van der Waals surface area contributed by atoms with E-state index in [4.69, 9.17) is 15.5 Å². The van der Waals surface area contributed by atoms with Gasteiger partial charge in [0.1, 0.15) is 11.5 Å². The third kappa shape index (κ3) is 3.14. The average Bonchev–Trinajstić information content (AvgIpc) is 2.62. The molecule has 2 N–H and O–H groups in total. The number of ether oxygens (including phenoxy) is 1. The van der Waals surface area contributed by atoms with Gasteiger partial charge in [-0.05, 0) is 72.6 Å². The molecule has 0 bridgehead atoms. The second-order valence-corrected chi connectivity index (χ2v) is 8.21. The van der Waals surface area contributed by atoms with E-state index in [1.54, 1.807) is 0 Å². The molecule has 0 amide bonds. The van der Waals surface area contributed by atoms with Gasteiger partial charge in [0, 0.05) is 16.8 Å². The third-order valence-electron chi connectivity index (χ3n) is 5.23. The van der Waals surface area contributed by atoms with Gasteiger partial charge in [-0.15, -0.1) is 0 Å². The molecule has 0 saturated carbocycles. The lowest BCUT2D eigenvalue weighted by Gasteiger charge is -2.19. The lowest BCUT2D eigenvalue weighted by molar-refractivity contribution is 0.482. The van der Waals surface area contributed by atoms with Gasteiger partial charge in [-0.1, -0.05) is 32.9 Å². The molecule has 3 nitrogen and oxygen atoms in total. The first-order valence-electron chi connectivity index (χ1n) is 9.41. The molecule has 1 aromatic heterocycles. The zero-order chi connectivity index (χ0) is 18.3. The van der Waals surface area contributed by atoms with Gasteiger partial charge in [-0.2, -0.15) is 0 Å². The van der Waals surface area contributed by atoms with Crippen molar-refractivity contribution in [1.82, 2.24) is 4.98 Å². The average molecular weight is 346 g/mol. The Labute approximate surface area is 155 Å². The molecule has 0 fully saturated rings. The fourth-order valence-corrected chi connectivity index (χ4v) is 3.66. The monoisotopic (exact) mass is 346 g/mol. The van der Waals surface area contributed by atoms with E-state index in [9.17, 15) is 0 Å². The lowest BCUT2D eigenvalue weighted by Crippen LogP contribution is -2.10. The van der Waals surface area contributed by atoms with E-state index >= 15 is 0 Å². The van der Waals surface area contributed by atoms with Crippen LogP contribution in [0.15, 0.2) is 42.5 Å². The maximum atomic E-state index is 6.47. The van der Waals surface area contributed by atoms with Gasteiger partial charge in [-0.25, -0.2) is 0 Å². The van der Waals surface area contributed by atoms with Crippen molar-refractivity contribution < 1.29 is 4.74 Å². The highest BCUT2D eigenvalue weighted by Gasteiger charge is 2.17. The topological polar surface area (TPSA) is 48.1 Å². The van der Waals surface area contributed by atoms with Gasteiger partial charge in [0.25, 0.3) is 0 Å². The van der Waals surface area contributed by atoms with E-state index in [0.29, 0.717) is 0 Å². The minimum absolute atomic E-state index is 0.140. The first-order valence-corrected chi connectivity index (χ1v) is 9.41. The molecule has 3 heteroatoms. The van der Waals surface area contributed by atoms with Crippen LogP contribution in [0.25, 0.3) is 10.9 Å². The van der Waals surface area contributed by atoms with E-state index in [1.807, 2.05) is 30.3 Å². The molecule has 0 unspecified atom stereocenters. The van der Waals surface area contributed by atoms with E-state index in [-0.39, 0.29) is 5.41 Å². The van der Waals surface area contributed by atoms with Crippen molar-refractivity contribution in [3.8, 4) is 11.5 Å². The molecule has 2 aromatic carbocycles. The predicted octanol–water partition coefficient (Wildman–Crippen LogP) is 5.79. The van der Waals surface area contributed by atoms with Crippen LogP contribution in [0.5, 0.6) is 11.5 Å². The fraction of sp³-hybridized carbons (Fsp3) is 0.348. The highest BCUT2D eigenvalue weighted by molar-refractivity contribution is 5.93. The number of aromatic nitrogens is 1. The van der Waals surface area contributed by atoms with Crippen LogP contribution in [0.4, 0.5) is 5.69 Å². The number of hydrogen-bond acceptors (Lipinski definition) is 3. The Balaban J connectivity index is 1.66. The van der Waals surface area contributed by atoms with Gasteiger partial charge in [0.2, 0.25) is 0 Å². The standard InChI is InChI=1S/C23H26N2O/c1-23(2,3)15-8-10-16(11-9-15)26-17-12-13-21-19(14-17)22(24)18-6-4-5-7-20(18)25-21/h8-14H,4-7H2,1-3H3,(H2,24,25). The molecular formula is C23H26N2O. The highest BCUT2D eigenvalue weighted by atomic mass is 16.5. The Morgan fingerprint density at radius 3 is 2.35 bits per heavy atom. The summed E-state index contributed by atoms with van der Waals surface area (Å²) in [4.78, 5) is 4.83. The molecule has 0 saturated heterocycles. The number of fused-ring (bicyclic) bond motifs is 2. The normalized spacial score (nSPS) is 14.3. The summed E-state index contributed by atoms with van der Waals surface area (Å²) in [7, 11) is 0. The van der Waals surface area contributed by atoms with E-state index in [0.717, 1.165) is 40.9 Å². The highest BCUT2D eigenvalue weighted by Crippen LogP contribution is 2.34. The number of pyridine rings is 1. The predicted molar refractivity (Wildman–Crippen MR) is 108 cm³/mol. The summed E-state index contributed by atoms with van der Waals surface area (Å²) in [6, 6.07) is 14.3. The Morgan fingerprint density at radius 1 is 0.923 bits per heavy atom. The van der Waals surface area contributed by atoms with Crippen LogP contribution >= 0.6 is 0 Å². The Morgan fingerprint density at radius 2 is 1.62 bits per heavy atom. The van der Waals surface area contributed by atoms with Gasteiger partial charge in [-0.3, -0.25) is 4.98 Å². The molecule has 0 spiro atoms. The van der Waals surface area contributed by atoms with Crippen LogP contribution in [0.2, 0.25) is 0 Å². The number of nitrogens with two attached hydrogens (primary N) is 1. The van der Waals surface area contributed by atoms with Gasteiger partial charge in [0.05, 0.1) is 5.52 Å². The van der Waals surface area contributed by atoms with Crippen molar-refractivity contribution >= 4 is 16.6 Å². The molecule has 0 radical (unpaired) electrons. The third-order valence-corrected chi connectivity index (χ3v) is 5.23. The molecule has 1 aliphatic carbocycles. The molecule has 0 atom stereocenters. The van der Waals surface area contributed by atoms with Gasteiger partial charge in [0.15, 0.2) is 0 Å². The summed E-state index contributed by atoms with van der Waals surface area (Å²) < 4.78 is 6.07. The van der Waals surface area contributed by atoms with Gasteiger partial charge < -0.3 is 10.5 Å².